The molecule has 8 rings (SSSR count). The van der Waals surface area contributed by atoms with Gasteiger partial charge in [0.1, 0.15) is 0 Å². The molecule has 0 radical (unpaired) electrons. The average Bonchev–Trinajstić information content (AvgIpc) is 3.50. The fourth-order valence-corrected chi connectivity index (χ4v) is 5.97. The Morgan fingerprint density at radius 2 is 1.17 bits per heavy atom. The number of rotatable bonds is 2. The van der Waals surface area contributed by atoms with Gasteiger partial charge < -0.3 is 9.55 Å². The third-order valence-electron chi connectivity index (χ3n) is 7.50. The van der Waals surface area contributed by atoms with E-state index in [1.807, 2.05) is 0 Å². The van der Waals surface area contributed by atoms with E-state index in [-0.39, 0.29) is 0 Å². The van der Waals surface area contributed by atoms with Gasteiger partial charge >= 0.3 is 0 Å². The molecule has 0 unspecified atom stereocenters. The molecular weight excluding hydrogens is 436 g/mol. The van der Waals surface area contributed by atoms with E-state index in [1.165, 1.54) is 71.2 Å². The fourth-order valence-electron chi connectivity index (χ4n) is 5.97. The molecule has 0 aliphatic carbocycles. The van der Waals surface area contributed by atoms with Crippen LogP contribution >= 0.6 is 0 Å². The Balaban J connectivity index is 1.69. The minimum atomic E-state index is 1.17. The van der Waals surface area contributed by atoms with Crippen LogP contribution in [-0.4, -0.2) is 9.55 Å². The normalized spacial score (nSPS) is 11.9. The molecule has 2 heteroatoms. The van der Waals surface area contributed by atoms with Crippen molar-refractivity contribution in [3.05, 3.63) is 127 Å². The van der Waals surface area contributed by atoms with Gasteiger partial charge in [0, 0.05) is 43.5 Å². The first-order chi connectivity index (χ1) is 17.9. The zero-order valence-electron chi connectivity index (χ0n) is 19.6. The average molecular weight is 459 g/mol. The monoisotopic (exact) mass is 458 g/mol. The van der Waals surface area contributed by atoms with Gasteiger partial charge in [-0.2, -0.15) is 0 Å². The van der Waals surface area contributed by atoms with Crippen LogP contribution in [0.25, 0.3) is 71.2 Å². The van der Waals surface area contributed by atoms with Gasteiger partial charge in [-0.1, -0.05) is 97.1 Å². The lowest BCUT2D eigenvalue weighted by atomic mass is 9.96. The first-order valence-corrected chi connectivity index (χ1v) is 12.4. The van der Waals surface area contributed by atoms with Crippen molar-refractivity contribution in [2.45, 2.75) is 0 Å². The van der Waals surface area contributed by atoms with Gasteiger partial charge in [-0.25, -0.2) is 0 Å². The second-order valence-corrected chi connectivity index (χ2v) is 9.46. The number of hydrogen-bond donors (Lipinski definition) is 1. The summed E-state index contributed by atoms with van der Waals surface area (Å²) in [6.45, 7) is 0. The molecule has 2 heterocycles. The van der Waals surface area contributed by atoms with Crippen molar-refractivity contribution in [3.8, 4) is 16.8 Å². The summed E-state index contributed by atoms with van der Waals surface area (Å²) >= 11 is 0. The second kappa shape index (κ2) is 7.34. The highest BCUT2D eigenvalue weighted by molar-refractivity contribution is 6.37. The second-order valence-electron chi connectivity index (χ2n) is 9.46. The third-order valence-corrected chi connectivity index (χ3v) is 7.50. The summed E-state index contributed by atoms with van der Waals surface area (Å²) in [6.07, 6.45) is 0. The molecule has 0 atom stereocenters. The summed E-state index contributed by atoms with van der Waals surface area (Å²) in [5.41, 5.74) is 8.49. The molecule has 0 bridgehead atoms. The van der Waals surface area contributed by atoms with E-state index in [0.29, 0.717) is 0 Å². The molecule has 168 valence electrons. The Hall–Kier alpha value is -4.82. The Morgan fingerprint density at radius 3 is 2.00 bits per heavy atom. The van der Waals surface area contributed by atoms with Gasteiger partial charge in [0.25, 0.3) is 0 Å². The number of nitrogens with zero attached hydrogens (tertiary/aromatic N) is 1. The maximum Gasteiger partial charge on any atom is 0.0627 e. The van der Waals surface area contributed by atoms with Gasteiger partial charge in [-0.05, 0) is 41.5 Å². The Labute approximate surface area is 208 Å². The molecule has 6 aromatic carbocycles. The lowest BCUT2D eigenvalue weighted by Crippen LogP contribution is -1.94. The molecule has 2 nitrogen and oxygen atoms in total. The standard InChI is InChI=1S/C34H22N2/c1-3-11-22(12-4-1)23-19-20-25-28(21-23)34-32(31-26-15-7-9-17-29(26)35-33(25)31)27-16-8-10-18-30(27)36(34)24-13-5-2-6-14-24/h1-21,35H. The SMILES string of the molecule is c1ccc(-c2ccc3c(c2)c2c(c4ccccc4n2-c2ccccc2)c2c4ccccc4[nH]c32)cc1. The number of hydrogen-bond acceptors (Lipinski definition) is 0. The summed E-state index contributed by atoms with van der Waals surface area (Å²) in [4.78, 5) is 3.78. The van der Waals surface area contributed by atoms with Gasteiger partial charge in [0.05, 0.1) is 16.6 Å². The van der Waals surface area contributed by atoms with Crippen LogP contribution in [0.5, 0.6) is 0 Å². The van der Waals surface area contributed by atoms with Gasteiger partial charge in [0.2, 0.25) is 0 Å². The maximum atomic E-state index is 3.78. The first kappa shape index (κ1) is 19.5. The Kier molecular flexibility index (Phi) is 3.97. The highest BCUT2D eigenvalue weighted by Gasteiger charge is 2.21. The molecule has 0 spiro atoms. The summed E-state index contributed by atoms with van der Waals surface area (Å²) in [5, 5.41) is 7.64. The molecule has 0 aliphatic heterocycles. The van der Waals surface area contributed by atoms with E-state index in [1.54, 1.807) is 0 Å². The summed E-state index contributed by atoms with van der Waals surface area (Å²) in [7, 11) is 0. The molecule has 0 saturated heterocycles. The lowest BCUT2D eigenvalue weighted by Gasteiger charge is -2.12. The molecule has 36 heavy (non-hydrogen) atoms. The molecule has 8 aromatic rings. The number of fused-ring (bicyclic) bond motifs is 10. The number of aromatic nitrogens is 2. The van der Waals surface area contributed by atoms with Crippen molar-refractivity contribution in [1.29, 1.82) is 0 Å². The van der Waals surface area contributed by atoms with E-state index in [0.717, 1.165) is 0 Å². The highest BCUT2D eigenvalue weighted by Crippen LogP contribution is 2.45. The van der Waals surface area contributed by atoms with Crippen molar-refractivity contribution in [3.63, 3.8) is 0 Å². The maximum absolute atomic E-state index is 3.78. The number of nitrogens with one attached hydrogen (secondary N) is 1. The minimum absolute atomic E-state index is 1.17. The highest BCUT2D eigenvalue weighted by atomic mass is 15.0. The van der Waals surface area contributed by atoms with Gasteiger partial charge in [-0.3, -0.25) is 0 Å². The number of benzene rings is 6. The molecule has 0 saturated carbocycles. The predicted octanol–water partition coefficient (Wildman–Crippen LogP) is 9.24. The Bertz CT molecular complexity index is 2080. The molecule has 0 amide bonds. The fraction of sp³-hybridized carbons (Fsp3) is 0. The van der Waals surface area contributed by atoms with E-state index in [9.17, 15) is 0 Å². The third kappa shape index (κ3) is 2.61. The van der Waals surface area contributed by atoms with Crippen LogP contribution in [0.3, 0.4) is 0 Å². The number of aromatic amines is 1. The zero-order valence-corrected chi connectivity index (χ0v) is 19.6. The van der Waals surface area contributed by atoms with Gasteiger partial charge in [0.15, 0.2) is 0 Å². The van der Waals surface area contributed by atoms with Crippen LogP contribution in [0.1, 0.15) is 0 Å². The largest absolute Gasteiger partial charge is 0.354 e. The van der Waals surface area contributed by atoms with Crippen LogP contribution in [0.4, 0.5) is 0 Å². The molecular formula is C34H22N2. The van der Waals surface area contributed by atoms with Gasteiger partial charge in [-0.15, -0.1) is 0 Å². The number of para-hydroxylation sites is 3. The molecule has 0 aliphatic rings. The molecule has 1 N–H and O–H groups in total. The van der Waals surface area contributed by atoms with E-state index in [2.05, 4.69) is 137 Å². The Morgan fingerprint density at radius 1 is 0.472 bits per heavy atom. The zero-order chi connectivity index (χ0) is 23.6. The van der Waals surface area contributed by atoms with Crippen molar-refractivity contribution < 1.29 is 0 Å². The predicted molar refractivity (Wildman–Crippen MR) is 153 cm³/mol. The van der Waals surface area contributed by atoms with E-state index < -0.39 is 0 Å². The summed E-state index contributed by atoms with van der Waals surface area (Å²) in [6, 6.07) is 45.8. The van der Waals surface area contributed by atoms with Crippen molar-refractivity contribution >= 4 is 54.4 Å². The summed E-state index contributed by atoms with van der Waals surface area (Å²) < 4.78 is 2.45. The van der Waals surface area contributed by atoms with Crippen molar-refractivity contribution in [1.82, 2.24) is 9.55 Å². The minimum Gasteiger partial charge on any atom is -0.354 e. The number of H-pyrrole nitrogens is 1. The van der Waals surface area contributed by atoms with Crippen LogP contribution in [0.2, 0.25) is 0 Å². The molecule has 2 aromatic heterocycles. The summed E-state index contributed by atoms with van der Waals surface area (Å²) in [5.74, 6) is 0. The van der Waals surface area contributed by atoms with E-state index in [4.69, 9.17) is 0 Å². The molecule has 0 fully saturated rings. The smallest absolute Gasteiger partial charge is 0.0627 e. The van der Waals surface area contributed by atoms with Crippen LogP contribution in [0, 0.1) is 0 Å². The quantitative estimate of drug-likeness (QED) is 0.266. The first-order valence-electron chi connectivity index (χ1n) is 12.4. The van der Waals surface area contributed by atoms with Crippen LogP contribution < -0.4 is 0 Å². The van der Waals surface area contributed by atoms with Crippen LogP contribution in [0.15, 0.2) is 127 Å². The van der Waals surface area contributed by atoms with Crippen molar-refractivity contribution in [2.75, 3.05) is 0 Å². The topological polar surface area (TPSA) is 20.7 Å². The van der Waals surface area contributed by atoms with Crippen LogP contribution in [-0.2, 0) is 0 Å². The van der Waals surface area contributed by atoms with E-state index >= 15 is 0 Å². The van der Waals surface area contributed by atoms with Crippen molar-refractivity contribution in [2.24, 2.45) is 0 Å². The lowest BCUT2D eigenvalue weighted by molar-refractivity contribution is 1.19.